The van der Waals surface area contributed by atoms with Crippen LogP contribution in [0.25, 0.3) is 0 Å². The minimum atomic E-state index is -0.731. The lowest BCUT2D eigenvalue weighted by Gasteiger charge is -2.26. The number of hydrogen-bond acceptors (Lipinski definition) is 3. The number of esters is 1. The third-order valence-electron chi connectivity index (χ3n) is 2.48. The number of benzene rings is 1. The second-order valence-electron chi connectivity index (χ2n) is 3.62. The summed E-state index contributed by atoms with van der Waals surface area (Å²) in [6, 6.07) is 9.50. The van der Waals surface area contributed by atoms with E-state index in [1.807, 2.05) is 37.3 Å². The van der Waals surface area contributed by atoms with Crippen molar-refractivity contribution in [1.82, 2.24) is 0 Å². The molecule has 1 aromatic carbocycles. The fraction of sp³-hybridized carbons (Fsp3) is 0.417. The summed E-state index contributed by atoms with van der Waals surface area (Å²) < 4.78 is 9.89. The largest absolute Gasteiger partial charge is 0.468 e. The Morgan fingerprint density at radius 2 is 1.87 bits per heavy atom. The van der Waals surface area contributed by atoms with Gasteiger partial charge in [-0.1, -0.05) is 30.3 Å². The maximum absolute atomic E-state index is 11.7. The van der Waals surface area contributed by atoms with Gasteiger partial charge in [0.1, 0.15) is 5.41 Å². The summed E-state index contributed by atoms with van der Waals surface area (Å²) in [7, 11) is 2.96. The average Bonchev–Trinajstić information content (AvgIpc) is 2.29. The molecule has 0 radical (unpaired) electrons. The molecule has 0 aliphatic heterocycles. The van der Waals surface area contributed by atoms with Crippen LogP contribution in [0.2, 0.25) is 0 Å². The number of hydrogen-bond donors (Lipinski definition) is 0. The molecule has 3 heteroatoms. The van der Waals surface area contributed by atoms with Crippen molar-refractivity contribution >= 4 is 5.97 Å². The summed E-state index contributed by atoms with van der Waals surface area (Å²) in [4.78, 5) is 11.7. The quantitative estimate of drug-likeness (QED) is 0.707. The molecule has 0 amide bonds. The summed E-state index contributed by atoms with van der Waals surface area (Å²) in [5.41, 5.74) is 0.170. The van der Waals surface area contributed by atoms with Crippen LogP contribution >= 0.6 is 0 Å². The first kappa shape index (κ1) is 11.7. The molecule has 1 rings (SSSR count). The lowest BCUT2D eigenvalue weighted by Crippen LogP contribution is -2.38. The molecule has 82 valence electrons. The molecule has 0 bridgehead atoms. The zero-order valence-electron chi connectivity index (χ0n) is 9.32. The Balaban J connectivity index is 3.06. The van der Waals surface area contributed by atoms with E-state index in [0.29, 0.717) is 6.61 Å². The smallest absolute Gasteiger partial charge is 0.318 e. The standard InChI is InChI=1S/C12H16O3/c1-12(9-14-2,11(13)15-3)10-7-5-4-6-8-10/h4-8H,9H2,1-3H3. The van der Waals surface area contributed by atoms with Crippen LogP contribution < -0.4 is 0 Å². The van der Waals surface area contributed by atoms with Crippen molar-refractivity contribution in [3.05, 3.63) is 35.9 Å². The van der Waals surface area contributed by atoms with Crippen molar-refractivity contribution in [2.45, 2.75) is 12.3 Å². The van der Waals surface area contributed by atoms with Crippen LogP contribution in [-0.2, 0) is 19.7 Å². The van der Waals surface area contributed by atoms with Crippen molar-refractivity contribution in [1.29, 1.82) is 0 Å². The summed E-state index contributed by atoms with van der Waals surface area (Å²) in [5, 5.41) is 0. The second-order valence-corrected chi connectivity index (χ2v) is 3.62. The third-order valence-corrected chi connectivity index (χ3v) is 2.48. The van der Waals surface area contributed by atoms with Gasteiger partial charge in [-0.2, -0.15) is 0 Å². The first-order valence-corrected chi connectivity index (χ1v) is 4.78. The fourth-order valence-electron chi connectivity index (χ4n) is 1.58. The minimum absolute atomic E-state index is 0.282. The van der Waals surface area contributed by atoms with Gasteiger partial charge >= 0.3 is 5.97 Å². The number of carbonyl (C=O) groups is 1. The van der Waals surface area contributed by atoms with Gasteiger partial charge in [-0.25, -0.2) is 0 Å². The molecule has 0 aliphatic rings. The predicted octanol–water partition coefficient (Wildman–Crippen LogP) is 1.76. The number of methoxy groups -OCH3 is 2. The number of rotatable bonds is 4. The number of carbonyl (C=O) groups excluding carboxylic acids is 1. The van der Waals surface area contributed by atoms with Gasteiger partial charge in [0.25, 0.3) is 0 Å². The highest BCUT2D eigenvalue weighted by molar-refractivity contribution is 5.82. The predicted molar refractivity (Wildman–Crippen MR) is 57.7 cm³/mol. The Hall–Kier alpha value is -1.35. The molecule has 1 unspecified atom stereocenters. The molecule has 3 nitrogen and oxygen atoms in total. The highest BCUT2D eigenvalue weighted by atomic mass is 16.5. The first-order valence-electron chi connectivity index (χ1n) is 4.78. The van der Waals surface area contributed by atoms with Gasteiger partial charge in [0.2, 0.25) is 0 Å². The molecule has 0 N–H and O–H groups in total. The summed E-state index contributed by atoms with van der Waals surface area (Å²) in [6.45, 7) is 2.13. The van der Waals surface area contributed by atoms with Gasteiger partial charge in [0, 0.05) is 7.11 Å². The lowest BCUT2D eigenvalue weighted by molar-refractivity contribution is -0.149. The van der Waals surface area contributed by atoms with Crippen molar-refractivity contribution in [3.8, 4) is 0 Å². The molecule has 1 aromatic rings. The molecule has 0 heterocycles. The Morgan fingerprint density at radius 3 is 2.33 bits per heavy atom. The van der Waals surface area contributed by atoms with E-state index in [1.54, 1.807) is 7.11 Å². The molecule has 15 heavy (non-hydrogen) atoms. The SMILES string of the molecule is COCC(C)(C(=O)OC)c1ccccc1. The van der Waals surface area contributed by atoms with Crippen LogP contribution in [-0.4, -0.2) is 26.8 Å². The monoisotopic (exact) mass is 208 g/mol. The fourth-order valence-corrected chi connectivity index (χ4v) is 1.58. The molecule has 0 aromatic heterocycles. The zero-order valence-corrected chi connectivity index (χ0v) is 9.32. The maximum Gasteiger partial charge on any atom is 0.318 e. The van der Waals surface area contributed by atoms with Gasteiger partial charge in [-0.3, -0.25) is 4.79 Å². The summed E-state index contributed by atoms with van der Waals surface area (Å²) >= 11 is 0. The molecular formula is C12H16O3. The molecule has 0 aliphatic carbocycles. The number of ether oxygens (including phenoxy) is 2. The van der Waals surface area contributed by atoms with Crippen molar-refractivity contribution in [3.63, 3.8) is 0 Å². The molecule has 1 atom stereocenters. The van der Waals surface area contributed by atoms with E-state index >= 15 is 0 Å². The van der Waals surface area contributed by atoms with Gasteiger partial charge in [0.05, 0.1) is 13.7 Å². The third kappa shape index (κ3) is 2.36. The van der Waals surface area contributed by atoms with Gasteiger partial charge < -0.3 is 9.47 Å². The van der Waals surface area contributed by atoms with E-state index in [0.717, 1.165) is 5.56 Å². The Kier molecular flexibility index (Phi) is 3.86. The Bertz CT molecular complexity index is 321. The van der Waals surface area contributed by atoms with E-state index < -0.39 is 5.41 Å². The molecule has 0 fully saturated rings. The van der Waals surface area contributed by atoms with Crippen molar-refractivity contribution in [2.24, 2.45) is 0 Å². The molecule has 0 spiro atoms. The van der Waals surface area contributed by atoms with Crippen LogP contribution in [0.15, 0.2) is 30.3 Å². The van der Waals surface area contributed by atoms with Crippen LogP contribution in [0.4, 0.5) is 0 Å². The highest BCUT2D eigenvalue weighted by Gasteiger charge is 2.36. The van der Waals surface area contributed by atoms with E-state index in [9.17, 15) is 4.79 Å². The second kappa shape index (κ2) is 4.94. The zero-order chi connectivity index (χ0) is 11.3. The van der Waals surface area contributed by atoms with E-state index in [1.165, 1.54) is 7.11 Å². The Labute approximate surface area is 90.0 Å². The van der Waals surface area contributed by atoms with E-state index in [-0.39, 0.29) is 5.97 Å². The van der Waals surface area contributed by atoms with Crippen LogP contribution in [0.3, 0.4) is 0 Å². The van der Waals surface area contributed by atoms with Crippen LogP contribution in [0.5, 0.6) is 0 Å². The van der Waals surface area contributed by atoms with Crippen molar-refractivity contribution in [2.75, 3.05) is 20.8 Å². The minimum Gasteiger partial charge on any atom is -0.468 e. The first-order chi connectivity index (χ1) is 7.15. The van der Waals surface area contributed by atoms with Gasteiger partial charge in [0.15, 0.2) is 0 Å². The van der Waals surface area contributed by atoms with Crippen LogP contribution in [0.1, 0.15) is 12.5 Å². The maximum atomic E-state index is 11.7. The van der Waals surface area contributed by atoms with Gasteiger partial charge in [-0.15, -0.1) is 0 Å². The van der Waals surface area contributed by atoms with Crippen LogP contribution in [0, 0.1) is 0 Å². The molecular weight excluding hydrogens is 192 g/mol. The highest BCUT2D eigenvalue weighted by Crippen LogP contribution is 2.25. The normalized spacial score (nSPS) is 14.3. The summed E-state index contributed by atoms with van der Waals surface area (Å²) in [5.74, 6) is -0.282. The lowest BCUT2D eigenvalue weighted by atomic mass is 9.83. The molecule has 0 saturated heterocycles. The topological polar surface area (TPSA) is 35.5 Å². The Morgan fingerprint density at radius 1 is 1.27 bits per heavy atom. The summed E-state index contributed by atoms with van der Waals surface area (Å²) in [6.07, 6.45) is 0. The molecule has 0 saturated carbocycles. The van der Waals surface area contributed by atoms with Gasteiger partial charge in [-0.05, 0) is 12.5 Å². The van der Waals surface area contributed by atoms with E-state index in [2.05, 4.69) is 0 Å². The average molecular weight is 208 g/mol. The van der Waals surface area contributed by atoms with Crippen molar-refractivity contribution < 1.29 is 14.3 Å². The van der Waals surface area contributed by atoms with E-state index in [4.69, 9.17) is 9.47 Å².